The van der Waals surface area contributed by atoms with Crippen molar-refractivity contribution in [2.45, 2.75) is 0 Å². The molecule has 1 amide bonds. The quantitative estimate of drug-likeness (QED) is 0.660. The molecule has 1 aromatic rings. The van der Waals surface area contributed by atoms with Crippen LogP contribution in [-0.4, -0.2) is 10.3 Å². The second kappa shape index (κ2) is 4.67. The van der Waals surface area contributed by atoms with Gasteiger partial charge in [-0.1, -0.05) is 34.2 Å². The van der Waals surface area contributed by atoms with Crippen LogP contribution >= 0.6 is 34.2 Å². The highest BCUT2D eigenvalue weighted by Crippen LogP contribution is 2.13. The van der Waals surface area contributed by atoms with Gasteiger partial charge >= 0.3 is 0 Å². The van der Waals surface area contributed by atoms with Gasteiger partial charge in [0.1, 0.15) is 0 Å². The fourth-order valence-corrected chi connectivity index (χ4v) is 1.04. The lowest BCUT2D eigenvalue weighted by Crippen LogP contribution is -2.11. The van der Waals surface area contributed by atoms with E-state index in [0.717, 1.165) is 5.69 Å². The van der Waals surface area contributed by atoms with Crippen molar-refractivity contribution in [3.63, 3.8) is 0 Å². The molecule has 0 aromatic heterocycles. The fraction of sp³-hybridized carbons (Fsp3) is 0.125. The molecule has 2 nitrogen and oxygen atoms in total. The van der Waals surface area contributed by atoms with Crippen LogP contribution in [0.25, 0.3) is 0 Å². The molecule has 0 saturated heterocycles. The molecule has 0 aliphatic carbocycles. The van der Waals surface area contributed by atoms with E-state index in [4.69, 9.17) is 11.6 Å². The van der Waals surface area contributed by atoms with E-state index in [2.05, 4.69) is 5.32 Å². The molecule has 64 valence electrons. The molecular formula is C8H7ClINO. The summed E-state index contributed by atoms with van der Waals surface area (Å²) in [4.78, 5) is 10.9. The van der Waals surface area contributed by atoms with Crippen LogP contribution in [0.5, 0.6) is 0 Å². The summed E-state index contributed by atoms with van der Waals surface area (Å²) in [6.07, 6.45) is 0. The summed E-state index contributed by atoms with van der Waals surface area (Å²) in [6.45, 7) is 0. The first-order valence-electron chi connectivity index (χ1n) is 3.34. The van der Waals surface area contributed by atoms with Gasteiger partial charge in [0.25, 0.3) is 0 Å². The Labute approximate surface area is 89.4 Å². The first kappa shape index (κ1) is 9.80. The predicted molar refractivity (Wildman–Crippen MR) is 59.0 cm³/mol. The summed E-state index contributed by atoms with van der Waals surface area (Å²) in [5, 5.41) is 3.38. The SMILES string of the molecule is O=C(CI)Nc1ccc(Cl)cc1. The summed E-state index contributed by atoms with van der Waals surface area (Å²) in [5.41, 5.74) is 0.779. The molecule has 1 rings (SSSR count). The lowest BCUT2D eigenvalue weighted by molar-refractivity contribution is -0.113. The summed E-state index contributed by atoms with van der Waals surface area (Å²) in [6, 6.07) is 7.02. The van der Waals surface area contributed by atoms with E-state index in [1.807, 2.05) is 22.6 Å². The Morgan fingerprint density at radius 3 is 2.50 bits per heavy atom. The number of rotatable bonds is 2. The maximum atomic E-state index is 10.9. The van der Waals surface area contributed by atoms with Crippen molar-refractivity contribution in [1.82, 2.24) is 0 Å². The third-order valence-corrected chi connectivity index (χ3v) is 2.19. The lowest BCUT2D eigenvalue weighted by atomic mass is 10.3. The van der Waals surface area contributed by atoms with Crippen molar-refractivity contribution >= 4 is 45.8 Å². The van der Waals surface area contributed by atoms with Gasteiger partial charge < -0.3 is 5.32 Å². The van der Waals surface area contributed by atoms with Crippen LogP contribution in [0.4, 0.5) is 5.69 Å². The number of carbonyl (C=O) groups excluding carboxylic acids is 1. The third kappa shape index (κ3) is 2.98. The minimum absolute atomic E-state index is 0.00192. The van der Waals surface area contributed by atoms with Crippen LogP contribution in [0.15, 0.2) is 24.3 Å². The van der Waals surface area contributed by atoms with Crippen molar-refractivity contribution in [1.29, 1.82) is 0 Å². The lowest BCUT2D eigenvalue weighted by Gasteiger charge is -2.01. The number of anilines is 1. The van der Waals surface area contributed by atoms with Crippen molar-refractivity contribution in [2.24, 2.45) is 0 Å². The molecule has 0 aliphatic rings. The van der Waals surface area contributed by atoms with Crippen LogP contribution in [0.2, 0.25) is 5.02 Å². The van der Waals surface area contributed by atoms with E-state index in [0.29, 0.717) is 9.45 Å². The third-order valence-electron chi connectivity index (χ3n) is 1.25. The van der Waals surface area contributed by atoms with Crippen molar-refractivity contribution in [3.8, 4) is 0 Å². The number of amides is 1. The van der Waals surface area contributed by atoms with E-state index in [-0.39, 0.29) is 5.91 Å². The molecule has 4 heteroatoms. The van der Waals surface area contributed by atoms with Gasteiger partial charge in [-0.15, -0.1) is 0 Å². The van der Waals surface area contributed by atoms with E-state index >= 15 is 0 Å². The molecule has 1 N–H and O–H groups in total. The molecule has 0 bridgehead atoms. The zero-order valence-electron chi connectivity index (χ0n) is 6.18. The number of halogens is 2. The van der Waals surface area contributed by atoms with Crippen LogP contribution in [0, 0.1) is 0 Å². The molecule has 0 spiro atoms. The van der Waals surface area contributed by atoms with E-state index in [1.165, 1.54) is 0 Å². The standard InChI is InChI=1S/C8H7ClINO/c9-6-1-3-7(4-2-6)11-8(12)5-10/h1-4H,5H2,(H,11,12). The summed E-state index contributed by atoms with van der Waals surface area (Å²) >= 11 is 7.68. The zero-order chi connectivity index (χ0) is 8.97. The van der Waals surface area contributed by atoms with Gasteiger partial charge in [-0.2, -0.15) is 0 Å². The number of alkyl halides is 1. The van der Waals surface area contributed by atoms with Crippen molar-refractivity contribution in [2.75, 3.05) is 9.74 Å². The maximum absolute atomic E-state index is 10.9. The summed E-state index contributed by atoms with van der Waals surface area (Å²) in [5.74, 6) is -0.00192. The number of nitrogens with one attached hydrogen (secondary N) is 1. The summed E-state index contributed by atoms with van der Waals surface area (Å²) in [7, 11) is 0. The first-order valence-corrected chi connectivity index (χ1v) is 5.24. The Morgan fingerprint density at radius 2 is 2.00 bits per heavy atom. The Bertz CT molecular complexity index is 273. The second-order valence-corrected chi connectivity index (χ2v) is 3.39. The van der Waals surface area contributed by atoms with E-state index in [9.17, 15) is 4.79 Å². The molecule has 0 heterocycles. The molecule has 0 fully saturated rings. The first-order chi connectivity index (χ1) is 5.72. The molecule has 0 unspecified atom stereocenters. The molecule has 0 saturated carbocycles. The largest absolute Gasteiger partial charge is 0.325 e. The maximum Gasteiger partial charge on any atom is 0.234 e. The average molecular weight is 296 g/mol. The van der Waals surface area contributed by atoms with Gasteiger partial charge in [0.15, 0.2) is 0 Å². The molecule has 12 heavy (non-hydrogen) atoms. The number of carbonyl (C=O) groups is 1. The normalized spacial score (nSPS) is 9.50. The number of benzene rings is 1. The van der Waals surface area contributed by atoms with Crippen LogP contribution in [0.1, 0.15) is 0 Å². The zero-order valence-corrected chi connectivity index (χ0v) is 9.09. The Kier molecular flexibility index (Phi) is 3.81. The molecule has 0 radical (unpaired) electrons. The van der Waals surface area contributed by atoms with E-state index in [1.54, 1.807) is 24.3 Å². The van der Waals surface area contributed by atoms with Gasteiger partial charge in [0.05, 0.1) is 4.43 Å². The molecule has 0 aliphatic heterocycles. The Hall–Kier alpha value is -0.290. The highest BCUT2D eigenvalue weighted by atomic mass is 127. The van der Waals surface area contributed by atoms with Crippen LogP contribution in [0.3, 0.4) is 0 Å². The number of hydrogen-bond donors (Lipinski definition) is 1. The molecule has 1 aromatic carbocycles. The smallest absolute Gasteiger partial charge is 0.234 e. The minimum Gasteiger partial charge on any atom is -0.325 e. The van der Waals surface area contributed by atoms with Crippen LogP contribution in [-0.2, 0) is 4.79 Å². The molecular weight excluding hydrogens is 288 g/mol. The number of hydrogen-bond acceptors (Lipinski definition) is 1. The van der Waals surface area contributed by atoms with Gasteiger partial charge in [0, 0.05) is 10.7 Å². The fourth-order valence-electron chi connectivity index (χ4n) is 0.728. The summed E-state index contributed by atoms with van der Waals surface area (Å²) < 4.78 is 0.459. The van der Waals surface area contributed by atoms with Crippen molar-refractivity contribution in [3.05, 3.63) is 29.3 Å². The highest BCUT2D eigenvalue weighted by molar-refractivity contribution is 14.1. The highest BCUT2D eigenvalue weighted by Gasteiger charge is 1.97. The van der Waals surface area contributed by atoms with Crippen LogP contribution < -0.4 is 5.32 Å². The topological polar surface area (TPSA) is 29.1 Å². The Balaban J connectivity index is 2.64. The molecule has 0 atom stereocenters. The Morgan fingerprint density at radius 1 is 1.42 bits per heavy atom. The average Bonchev–Trinajstić information content (AvgIpc) is 2.09. The van der Waals surface area contributed by atoms with Gasteiger partial charge in [-0.25, -0.2) is 0 Å². The van der Waals surface area contributed by atoms with E-state index < -0.39 is 0 Å². The predicted octanol–water partition coefficient (Wildman–Crippen LogP) is 2.71. The van der Waals surface area contributed by atoms with Crippen molar-refractivity contribution < 1.29 is 4.79 Å². The second-order valence-electron chi connectivity index (χ2n) is 2.19. The minimum atomic E-state index is -0.00192. The monoisotopic (exact) mass is 295 g/mol. The van der Waals surface area contributed by atoms with Gasteiger partial charge in [0.2, 0.25) is 5.91 Å². The van der Waals surface area contributed by atoms with Gasteiger partial charge in [-0.3, -0.25) is 4.79 Å². The van der Waals surface area contributed by atoms with Gasteiger partial charge in [-0.05, 0) is 24.3 Å².